The minimum atomic E-state index is -3.63. The number of sulfonamides is 1. The van der Waals surface area contributed by atoms with E-state index in [9.17, 15) is 12.8 Å². The predicted octanol–water partition coefficient (Wildman–Crippen LogP) is 2.21. The quantitative estimate of drug-likeness (QED) is 0.781. The van der Waals surface area contributed by atoms with E-state index in [2.05, 4.69) is 26.0 Å². The lowest BCUT2D eigenvalue weighted by Gasteiger charge is -2.15. The average Bonchev–Trinajstić information content (AvgIpc) is 2.37. The van der Waals surface area contributed by atoms with Crippen molar-refractivity contribution in [1.29, 1.82) is 0 Å². The van der Waals surface area contributed by atoms with Crippen molar-refractivity contribution < 1.29 is 12.8 Å². The zero-order chi connectivity index (χ0) is 13.9. The van der Waals surface area contributed by atoms with Gasteiger partial charge in [0, 0.05) is 17.6 Å². The number of hydrogen-bond acceptors (Lipinski definition) is 3. The normalized spacial score (nSPS) is 15.4. The van der Waals surface area contributed by atoms with Gasteiger partial charge in [-0.2, -0.15) is 0 Å². The van der Waals surface area contributed by atoms with Crippen LogP contribution in [-0.4, -0.2) is 28.1 Å². The molecule has 112 valence electrons. The van der Waals surface area contributed by atoms with Crippen LogP contribution in [0.1, 0.15) is 6.42 Å². The molecule has 0 atom stereocenters. The zero-order valence-corrected chi connectivity index (χ0v) is 13.7. The van der Waals surface area contributed by atoms with Gasteiger partial charge in [0.1, 0.15) is 5.82 Å². The molecule has 0 fully saturated rings. The fraction of sp³-hybridized carbons (Fsp3) is 0.333. The van der Waals surface area contributed by atoms with Crippen LogP contribution in [0.15, 0.2) is 39.2 Å². The summed E-state index contributed by atoms with van der Waals surface area (Å²) in [5.41, 5.74) is 1.06. The summed E-state index contributed by atoms with van der Waals surface area (Å²) >= 11 is 3.07. The Labute approximate surface area is 132 Å². The molecule has 20 heavy (non-hydrogen) atoms. The highest BCUT2D eigenvalue weighted by atomic mass is 79.9. The second-order valence-electron chi connectivity index (χ2n) is 4.22. The van der Waals surface area contributed by atoms with Crippen LogP contribution in [0, 0.1) is 5.82 Å². The Bertz CT molecular complexity index is 607. The predicted molar refractivity (Wildman–Crippen MR) is 82.1 cm³/mol. The van der Waals surface area contributed by atoms with Gasteiger partial charge in [0.15, 0.2) is 0 Å². The van der Waals surface area contributed by atoms with Crippen molar-refractivity contribution >= 4 is 38.4 Å². The summed E-state index contributed by atoms with van der Waals surface area (Å²) in [6.45, 7) is 1.90. The van der Waals surface area contributed by atoms with Gasteiger partial charge < -0.3 is 5.32 Å². The molecule has 0 aromatic heterocycles. The van der Waals surface area contributed by atoms with Crippen LogP contribution in [0.4, 0.5) is 4.39 Å². The first-order valence-electron chi connectivity index (χ1n) is 5.82. The van der Waals surface area contributed by atoms with Gasteiger partial charge in [-0.3, -0.25) is 0 Å². The molecule has 1 heterocycles. The van der Waals surface area contributed by atoms with Gasteiger partial charge in [-0.15, -0.1) is 12.4 Å². The van der Waals surface area contributed by atoms with Crippen molar-refractivity contribution in [3.63, 3.8) is 0 Å². The van der Waals surface area contributed by atoms with Crippen molar-refractivity contribution in [3.05, 3.63) is 40.1 Å². The van der Waals surface area contributed by atoms with Gasteiger partial charge in [0.25, 0.3) is 0 Å². The molecule has 1 aliphatic heterocycles. The molecule has 1 aromatic rings. The summed E-state index contributed by atoms with van der Waals surface area (Å²) in [5, 5.41) is 3.16. The molecule has 1 aromatic carbocycles. The number of benzene rings is 1. The maximum atomic E-state index is 13.0. The smallest absolute Gasteiger partial charge is 0.241 e. The summed E-state index contributed by atoms with van der Waals surface area (Å²) < 4.78 is 39.9. The number of rotatable bonds is 4. The molecule has 4 nitrogen and oxygen atoms in total. The van der Waals surface area contributed by atoms with Crippen LogP contribution in [0.2, 0.25) is 0 Å². The van der Waals surface area contributed by atoms with E-state index in [-0.39, 0.29) is 28.3 Å². The topological polar surface area (TPSA) is 58.2 Å². The minimum absolute atomic E-state index is 0. The summed E-state index contributed by atoms with van der Waals surface area (Å²) in [4.78, 5) is 0.0448. The second kappa shape index (κ2) is 7.51. The molecular formula is C12H15BrClFN2O2S. The number of nitrogens with one attached hydrogen (secondary N) is 2. The molecule has 0 saturated carbocycles. The third kappa shape index (κ3) is 4.53. The molecule has 8 heteroatoms. The fourth-order valence-corrected chi connectivity index (χ4v) is 3.87. The Morgan fingerprint density at radius 3 is 2.75 bits per heavy atom. The Hall–Kier alpha value is -0.470. The standard InChI is InChI=1S/C12H14BrFN2O2S.ClH/c13-11-7-10(14)1-2-12(11)19(17,18)16-8-9-3-5-15-6-4-9;/h1-3,7,15-16H,4-6,8H2;1H. The largest absolute Gasteiger partial charge is 0.313 e. The van der Waals surface area contributed by atoms with E-state index >= 15 is 0 Å². The van der Waals surface area contributed by atoms with E-state index in [0.29, 0.717) is 0 Å². The van der Waals surface area contributed by atoms with E-state index in [4.69, 9.17) is 0 Å². The monoisotopic (exact) mass is 384 g/mol. The van der Waals surface area contributed by atoms with E-state index in [1.165, 1.54) is 6.07 Å². The van der Waals surface area contributed by atoms with Crippen LogP contribution < -0.4 is 10.0 Å². The number of hydrogen-bond donors (Lipinski definition) is 2. The lowest BCUT2D eigenvalue weighted by Crippen LogP contribution is -2.29. The zero-order valence-electron chi connectivity index (χ0n) is 10.5. The molecular weight excluding hydrogens is 371 g/mol. The van der Waals surface area contributed by atoms with Crippen LogP contribution in [0.5, 0.6) is 0 Å². The lowest BCUT2D eigenvalue weighted by molar-refractivity contribution is 0.580. The van der Waals surface area contributed by atoms with Crippen LogP contribution in [0.3, 0.4) is 0 Å². The third-order valence-electron chi connectivity index (χ3n) is 2.83. The highest BCUT2D eigenvalue weighted by Gasteiger charge is 2.18. The Morgan fingerprint density at radius 2 is 2.15 bits per heavy atom. The Kier molecular flexibility index (Phi) is 6.60. The van der Waals surface area contributed by atoms with Crippen LogP contribution in [0.25, 0.3) is 0 Å². The van der Waals surface area contributed by atoms with E-state index < -0.39 is 15.8 Å². The molecule has 2 rings (SSSR count). The average molecular weight is 386 g/mol. The molecule has 0 amide bonds. The van der Waals surface area contributed by atoms with Gasteiger partial charge in [-0.1, -0.05) is 11.6 Å². The Balaban J connectivity index is 0.00000200. The first kappa shape index (κ1) is 17.6. The minimum Gasteiger partial charge on any atom is -0.313 e. The van der Waals surface area contributed by atoms with Crippen molar-refractivity contribution in [2.24, 2.45) is 0 Å². The van der Waals surface area contributed by atoms with Gasteiger partial charge in [0.2, 0.25) is 10.0 Å². The molecule has 0 aliphatic carbocycles. The summed E-state index contributed by atoms with van der Waals surface area (Å²) in [5.74, 6) is -0.480. The van der Waals surface area contributed by atoms with Gasteiger partial charge >= 0.3 is 0 Å². The maximum absolute atomic E-state index is 13.0. The third-order valence-corrected chi connectivity index (χ3v) is 5.21. The molecule has 0 saturated heterocycles. The van der Waals surface area contributed by atoms with Gasteiger partial charge in [0.05, 0.1) is 4.90 Å². The van der Waals surface area contributed by atoms with Crippen LogP contribution in [-0.2, 0) is 10.0 Å². The van der Waals surface area contributed by atoms with E-state index in [1.807, 2.05) is 6.08 Å². The summed E-state index contributed by atoms with van der Waals surface area (Å²) in [6.07, 6.45) is 2.80. The Morgan fingerprint density at radius 1 is 1.40 bits per heavy atom. The van der Waals surface area contributed by atoms with Gasteiger partial charge in [-0.25, -0.2) is 17.5 Å². The molecule has 0 spiro atoms. The van der Waals surface area contributed by atoms with Crippen LogP contribution >= 0.6 is 28.3 Å². The molecule has 1 aliphatic rings. The van der Waals surface area contributed by atoms with Crippen molar-refractivity contribution in [2.45, 2.75) is 11.3 Å². The highest BCUT2D eigenvalue weighted by Crippen LogP contribution is 2.22. The van der Waals surface area contributed by atoms with Gasteiger partial charge in [-0.05, 0) is 47.1 Å². The molecule has 2 N–H and O–H groups in total. The maximum Gasteiger partial charge on any atom is 0.241 e. The fourth-order valence-electron chi connectivity index (χ4n) is 1.79. The first-order valence-corrected chi connectivity index (χ1v) is 8.10. The second-order valence-corrected chi connectivity index (χ2v) is 6.81. The van der Waals surface area contributed by atoms with E-state index in [0.717, 1.165) is 37.2 Å². The summed E-state index contributed by atoms with van der Waals surface area (Å²) in [6, 6.07) is 3.51. The molecule has 0 radical (unpaired) electrons. The lowest BCUT2D eigenvalue weighted by atomic mass is 10.1. The molecule has 0 unspecified atom stereocenters. The summed E-state index contributed by atoms with van der Waals surface area (Å²) in [7, 11) is -3.63. The number of halogens is 3. The molecule has 0 bridgehead atoms. The van der Waals surface area contributed by atoms with Crippen molar-refractivity contribution in [1.82, 2.24) is 10.0 Å². The van der Waals surface area contributed by atoms with E-state index in [1.54, 1.807) is 0 Å². The highest BCUT2D eigenvalue weighted by molar-refractivity contribution is 9.10. The van der Waals surface area contributed by atoms with Crippen molar-refractivity contribution in [2.75, 3.05) is 19.6 Å². The SMILES string of the molecule is Cl.O=S(=O)(NCC1=CCNCC1)c1ccc(F)cc1Br. The van der Waals surface area contributed by atoms with Crippen molar-refractivity contribution in [3.8, 4) is 0 Å². The first-order chi connectivity index (χ1) is 8.99.